The van der Waals surface area contributed by atoms with Gasteiger partial charge in [-0.05, 0) is 38.8 Å². The maximum Gasteiger partial charge on any atom is 0.335 e. The van der Waals surface area contributed by atoms with Crippen LogP contribution in [0.4, 0.5) is 0 Å². The molecule has 1 N–H and O–H groups in total. The number of allylic oxidation sites excluding steroid dienone is 1. The van der Waals surface area contributed by atoms with Crippen molar-refractivity contribution >= 4 is 11.9 Å². The van der Waals surface area contributed by atoms with Gasteiger partial charge in [0.15, 0.2) is 5.54 Å². The molecule has 2 aliphatic heterocycles. The third-order valence-corrected chi connectivity index (χ3v) is 4.12. The van der Waals surface area contributed by atoms with Crippen molar-refractivity contribution in [2.24, 2.45) is 0 Å². The van der Waals surface area contributed by atoms with Gasteiger partial charge in [-0.2, -0.15) is 0 Å². The molecule has 6 heteroatoms. The molecule has 23 heavy (non-hydrogen) atoms. The van der Waals surface area contributed by atoms with Crippen molar-refractivity contribution in [1.29, 1.82) is 0 Å². The van der Waals surface area contributed by atoms with Crippen LogP contribution in [0, 0.1) is 0 Å². The van der Waals surface area contributed by atoms with Gasteiger partial charge in [-0.15, -0.1) is 0 Å². The van der Waals surface area contributed by atoms with E-state index in [0.717, 1.165) is 18.8 Å². The van der Waals surface area contributed by atoms with Gasteiger partial charge in [0.05, 0.1) is 19.6 Å². The number of hydrogen-bond donors (Lipinski definition) is 1. The van der Waals surface area contributed by atoms with Crippen LogP contribution in [0.15, 0.2) is 24.4 Å². The SMILES string of the molecule is C=CC1=CC(C)(C(=O)OCCCCOC(=O)CCN2CC2C)N1. The second-order valence-electron chi connectivity index (χ2n) is 6.29. The zero-order chi connectivity index (χ0) is 16.9. The van der Waals surface area contributed by atoms with Gasteiger partial charge in [-0.3, -0.25) is 9.69 Å². The zero-order valence-electron chi connectivity index (χ0n) is 14.0. The largest absolute Gasteiger partial charge is 0.466 e. The Labute approximate surface area is 137 Å². The van der Waals surface area contributed by atoms with Gasteiger partial charge < -0.3 is 14.8 Å². The number of unbranched alkanes of at least 4 members (excludes halogenated alkanes) is 1. The second kappa shape index (κ2) is 7.64. The van der Waals surface area contributed by atoms with Crippen LogP contribution in [0.3, 0.4) is 0 Å². The molecule has 0 aromatic carbocycles. The molecule has 0 aliphatic carbocycles. The highest BCUT2D eigenvalue weighted by atomic mass is 16.5. The van der Waals surface area contributed by atoms with Gasteiger partial charge >= 0.3 is 11.9 Å². The van der Waals surface area contributed by atoms with E-state index in [1.54, 1.807) is 19.1 Å². The number of nitrogens with zero attached hydrogens (tertiary/aromatic N) is 1. The summed E-state index contributed by atoms with van der Waals surface area (Å²) in [5.74, 6) is -0.456. The Morgan fingerprint density at radius 2 is 2.04 bits per heavy atom. The van der Waals surface area contributed by atoms with Crippen LogP contribution >= 0.6 is 0 Å². The average molecular weight is 322 g/mol. The molecular weight excluding hydrogens is 296 g/mol. The summed E-state index contributed by atoms with van der Waals surface area (Å²) in [6.45, 7) is 10.1. The number of rotatable bonds is 10. The maximum atomic E-state index is 11.9. The van der Waals surface area contributed by atoms with E-state index in [1.165, 1.54) is 0 Å². The first-order chi connectivity index (χ1) is 10.9. The minimum Gasteiger partial charge on any atom is -0.466 e. The quantitative estimate of drug-likeness (QED) is 0.372. The van der Waals surface area contributed by atoms with Crippen LogP contribution < -0.4 is 5.32 Å². The molecule has 0 amide bonds. The Morgan fingerprint density at radius 1 is 1.43 bits per heavy atom. The van der Waals surface area contributed by atoms with Crippen molar-refractivity contribution in [2.45, 2.75) is 44.7 Å². The van der Waals surface area contributed by atoms with Gasteiger partial charge in [-0.1, -0.05) is 6.58 Å². The van der Waals surface area contributed by atoms with Crippen molar-refractivity contribution in [3.05, 3.63) is 24.4 Å². The van der Waals surface area contributed by atoms with E-state index in [9.17, 15) is 9.59 Å². The van der Waals surface area contributed by atoms with Gasteiger partial charge in [-0.25, -0.2) is 4.79 Å². The maximum absolute atomic E-state index is 11.9. The van der Waals surface area contributed by atoms with Crippen LogP contribution in [0.2, 0.25) is 0 Å². The molecular formula is C17H26N2O4. The van der Waals surface area contributed by atoms with E-state index < -0.39 is 5.54 Å². The Bertz CT molecular complexity index is 503. The Balaban J connectivity index is 1.46. The van der Waals surface area contributed by atoms with Crippen molar-refractivity contribution < 1.29 is 19.1 Å². The fraction of sp³-hybridized carbons (Fsp3) is 0.647. The Hall–Kier alpha value is -1.82. The molecule has 0 bridgehead atoms. The van der Waals surface area contributed by atoms with E-state index in [4.69, 9.17) is 9.47 Å². The molecule has 2 aliphatic rings. The fourth-order valence-electron chi connectivity index (χ4n) is 2.44. The lowest BCUT2D eigenvalue weighted by Crippen LogP contribution is -2.55. The van der Waals surface area contributed by atoms with Gasteiger partial charge in [0.2, 0.25) is 0 Å². The van der Waals surface area contributed by atoms with E-state index in [1.807, 2.05) is 0 Å². The molecule has 0 aromatic heterocycles. The first-order valence-corrected chi connectivity index (χ1v) is 8.15. The molecule has 0 spiro atoms. The number of esters is 2. The monoisotopic (exact) mass is 322 g/mol. The lowest BCUT2D eigenvalue weighted by atomic mass is 9.93. The highest BCUT2D eigenvalue weighted by Gasteiger charge is 2.39. The molecule has 0 aromatic rings. The smallest absolute Gasteiger partial charge is 0.335 e. The molecule has 1 fully saturated rings. The Kier molecular flexibility index (Phi) is 5.82. The lowest BCUT2D eigenvalue weighted by molar-refractivity contribution is -0.150. The van der Waals surface area contributed by atoms with Crippen molar-refractivity contribution in [3.63, 3.8) is 0 Å². The number of carbonyl (C=O) groups is 2. The summed E-state index contributed by atoms with van der Waals surface area (Å²) in [6, 6.07) is 0.613. The number of carbonyl (C=O) groups excluding carboxylic acids is 2. The highest BCUT2D eigenvalue weighted by molar-refractivity contribution is 5.85. The van der Waals surface area contributed by atoms with E-state index in [2.05, 4.69) is 23.7 Å². The third kappa shape index (κ3) is 5.10. The van der Waals surface area contributed by atoms with Crippen molar-refractivity contribution in [1.82, 2.24) is 10.2 Å². The van der Waals surface area contributed by atoms with Crippen LogP contribution in [-0.2, 0) is 19.1 Å². The van der Waals surface area contributed by atoms with Crippen LogP contribution in [-0.4, -0.2) is 54.7 Å². The number of hydrogen-bond acceptors (Lipinski definition) is 6. The summed E-state index contributed by atoms with van der Waals surface area (Å²) < 4.78 is 10.4. The number of ether oxygens (including phenoxy) is 2. The van der Waals surface area contributed by atoms with Gasteiger partial charge in [0.25, 0.3) is 0 Å². The molecule has 3 unspecified atom stereocenters. The molecule has 0 radical (unpaired) electrons. The topological polar surface area (TPSA) is 67.6 Å². The lowest BCUT2D eigenvalue weighted by Gasteiger charge is -2.35. The first-order valence-electron chi connectivity index (χ1n) is 8.15. The molecule has 3 atom stereocenters. The summed E-state index contributed by atoms with van der Waals surface area (Å²) in [4.78, 5) is 25.6. The van der Waals surface area contributed by atoms with Crippen LogP contribution in [0.1, 0.15) is 33.1 Å². The minimum atomic E-state index is -0.745. The Morgan fingerprint density at radius 3 is 2.61 bits per heavy atom. The van der Waals surface area contributed by atoms with Crippen molar-refractivity contribution in [3.8, 4) is 0 Å². The van der Waals surface area contributed by atoms with Gasteiger partial charge in [0.1, 0.15) is 0 Å². The van der Waals surface area contributed by atoms with Crippen molar-refractivity contribution in [2.75, 3.05) is 26.3 Å². The summed E-state index contributed by atoms with van der Waals surface area (Å²) in [6.07, 6.45) is 5.26. The molecule has 6 nitrogen and oxygen atoms in total. The average Bonchev–Trinajstić information content (AvgIpc) is 3.20. The number of nitrogens with one attached hydrogen (secondary N) is 1. The predicted octanol–water partition coefficient (Wildman–Crippen LogP) is 1.38. The minimum absolute atomic E-state index is 0.158. The molecule has 2 heterocycles. The van der Waals surface area contributed by atoms with Crippen LogP contribution in [0.5, 0.6) is 0 Å². The fourth-order valence-corrected chi connectivity index (χ4v) is 2.44. The predicted molar refractivity (Wildman–Crippen MR) is 86.6 cm³/mol. The van der Waals surface area contributed by atoms with Crippen LogP contribution in [0.25, 0.3) is 0 Å². The second-order valence-corrected chi connectivity index (χ2v) is 6.29. The third-order valence-electron chi connectivity index (χ3n) is 4.12. The van der Waals surface area contributed by atoms with E-state index in [0.29, 0.717) is 38.5 Å². The highest BCUT2D eigenvalue weighted by Crippen LogP contribution is 2.22. The standard InChI is InChI=1S/C17H26N2O4/c1-4-14-11-17(3,18-14)16(21)23-10-6-5-9-22-15(20)7-8-19-12-13(19)2/h4,11,13,18H,1,5-10,12H2,2-3H3. The van der Waals surface area contributed by atoms with Gasteiger partial charge in [0, 0.05) is 24.8 Å². The summed E-state index contributed by atoms with van der Waals surface area (Å²) >= 11 is 0. The summed E-state index contributed by atoms with van der Waals surface area (Å²) in [5.41, 5.74) is 0.0962. The normalized spacial score (nSPS) is 28.0. The first kappa shape index (κ1) is 17.5. The zero-order valence-corrected chi connectivity index (χ0v) is 14.0. The van der Waals surface area contributed by atoms with E-state index in [-0.39, 0.29) is 11.9 Å². The molecule has 128 valence electrons. The van der Waals surface area contributed by atoms with E-state index >= 15 is 0 Å². The molecule has 2 rings (SSSR count). The molecule has 1 saturated heterocycles. The molecule has 0 saturated carbocycles. The summed E-state index contributed by atoms with van der Waals surface area (Å²) in [5, 5.41) is 3.00. The summed E-state index contributed by atoms with van der Waals surface area (Å²) in [7, 11) is 0.